The lowest BCUT2D eigenvalue weighted by atomic mass is 10.2. The molecule has 0 spiro atoms. The van der Waals surface area contributed by atoms with Crippen molar-refractivity contribution in [1.29, 1.82) is 0 Å². The number of carbonyl (C=O) groups excluding carboxylic acids is 1. The SMILES string of the molecule is O=C(CS(=O)(=O)Cc1ccccc1)N(C[C@@H]1CCCO1)c1nc2c(F)cc(F)cc2s1. The molecule has 0 radical (unpaired) electrons. The van der Waals surface area contributed by atoms with Gasteiger partial charge in [0.05, 0.1) is 23.1 Å². The van der Waals surface area contributed by atoms with E-state index in [1.165, 1.54) is 4.90 Å². The second-order valence-corrected chi connectivity index (χ2v) is 10.5. The predicted octanol–water partition coefficient (Wildman–Crippen LogP) is 3.70. The van der Waals surface area contributed by atoms with Crippen LogP contribution < -0.4 is 4.90 Å². The van der Waals surface area contributed by atoms with E-state index >= 15 is 0 Å². The maximum atomic E-state index is 14.1. The van der Waals surface area contributed by atoms with Crippen LogP contribution in [0.25, 0.3) is 10.2 Å². The third-order valence-electron chi connectivity index (χ3n) is 4.92. The summed E-state index contributed by atoms with van der Waals surface area (Å²) in [5, 5.41) is 0.120. The molecule has 2 aromatic carbocycles. The minimum absolute atomic E-state index is 0.0568. The molecule has 164 valence electrons. The number of amides is 1. The highest BCUT2D eigenvalue weighted by molar-refractivity contribution is 7.91. The third-order valence-corrected chi connectivity index (χ3v) is 7.40. The van der Waals surface area contributed by atoms with Gasteiger partial charge in [0.1, 0.15) is 17.1 Å². The van der Waals surface area contributed by atoms with E-state index in [0.29, 0.717) is 18.6 Å². The molecule has 1 amide bonds. The molecule has 1 aromatic heterocycles. The lowest BCUT2D eigenvalue weighted by Crippen LogP contribution is -2.41. The first kappa shape index (κ1) is 21.8. The van der Waals surface area contributed by atoms with Crippen molar-refractivity contribution >= 4 is 42.4 Å². The molecule has 1 fully saturated rings. The van der Waals surface area contributed by atoms with Crippen molar-refractivity contribution in [3.8, 4) is 0 Å². The zero-order chi connectivity index (χ0) is 22.0. The van der Waals surface area contributed by atoms with Gasteiger partial charge in [0.25, 0.3) is 0 Å². The molecule has 1 aliphatic heterocycles. The van der Waals surface area contributed by atoms with Gasteiger partial charge in [0.15, 0.2) is 20.8 Å². The lowest BCUT2D eigenvalue weighted by Gasteiger charge is -2.23. The highest BCUT2D eigenvalue weighted by Crippen LogP contribution is 2.32. The first-order valence-electron chi connectivity index (χ1n) is 9.73. The molecule has 1 aliphatic rings. The highest BCUT2D eigenvalue weighted by atomic mass is 32.2. The molecule has 10 heteroatoms. The number of nitrogens with zero attached hydrogens (tertiary/aromatic N) is 2. The Hall–Kier alpha value is -2.43. The van der Waals surface area contributed by atoms with E-state index in [1.807, 2.05) is 0 Å². The molecule has 0 unspecified atom stereocenters. The Balaban J connectivity index is 1.61. The quantitative estimate of drug-likeness (QED) is 0.531. The molecule has 2 heterocycles. The summed E-state index contributed by atoms with van der Waals surface area (Å²) in [6.45, 7) is 0.655. The Bertz CT molecular complexity index is 1190. The van der Waals surface area contributed by atoms with E-state index in [-0.39, 0.29) is 33.7 Å². The van der Waals surface area contributed by atoms with Crippen LogP contribution in [0.2, 0.25) is 0 Å². The summed E-state index contributed by atoms with van der Waals surface area (Å²) >= 11 is 0.939. The number of ether oxygens (including phenoxy) is 1. The molecule has 6 nitrogen and oxygen atoms in total. The number of sulfone groups is 1. The minimum Gasteiger partial charge on any atom is -0.376 e. The molecular formula is C21H20F2N2O4S2. The standard InChI is InChI=1S/C21H20F2N2O4S2/c22-15-9-17(23)20-18(10-15)30-21(24-20)25(11-16-7-4-8-29-16)19(26)13-31(27,28)12-14-5-2-1-3-6-14/h1-3,5-6,9-10,16H,4,7-8,11-13H2/t16-/m0/s1. The van der Waals surface area contributed by atoms with Gasteiger partial charge in [-0.05, 0) is 24.5 Å². The molecular weight excluding hydrogens is 446 g/mol. The second-order valence-electron chi connectivity index (χ2n) is 7.39. The number of rotatable bonds is 7. The summed E-state index contributed by atoms with van der Waals surface area (Å²) in [5.74, 6) is -3.25. The summed E-state index contributed by atoms with van der Waals surface area (Å²) in [5.41, 5.74) is 0.525. The summed E-state index contributed by atoms with van der Waals surface area (Å²) < 4.78 is 58.8. The van der Waals surface area contributed by atoms with Crippen LogP contribution in [0.3, 0.4) is 0 Å². The van der Waals surface area contributed by atoms with Gasteiger partial charge >= 0.3 is 0 Å². The summed E-state index contributed by atoms with van der Waals surface area (Å²) in [4.78, 5) is 18.4. The largest absolute Gasteiger partial charge is 0.376 e. The Morgan fingerprint density at radius 1 is 1.23 bits per heavy atom. The number of anilines is 1. The second kappa shape index (κ2) is 8.97. The van der Waals surface area contributed by atoms with Crippen molar-refractivity contribution in [3.05, 3.63) is 59.7 Å². The van der Waals surface area contributed by atoms with Crippen LogP contribution in [-0.4, -0.2) is 44.3 Å². The number of hydrogen-bond acceptors (Lipinski definition) is 6. The van der Waals surface area contributed by atoms with E-state index in [9.17, 15) is 22.0 Å². The molecule has 1 saturated heterocycles. The first-order valence-corrected chi connectivity index (χ1v) is 12.4. The molecule has 3 aromatic rings. The Morgan fingerprint density at radius 2 is 2.00 bits per heavy atom. The average molecular weight is 467 g/mol. The van der Waals surface area contributed by atoms with Crippen LogP contribution >= 0.6 is 11.3 Å². The van der Waals surface area contributed by atoms with Crippen molar-refractivity contribution in [2.45, 2.75) is 24.7 Å². The van der Waals surface area contributed by atoms with E-state index in [4.69, 9.17) is 4.74 Å². The van der Waals surface area contributed by atoms with Gasteiger partial charge in [-0.2, -0.15) is 0 Å². The van der Waals surface area contributed by atoms with Gasteiger partial charge in [-0.25, -0.2) is 22.2 Å². The first-order chi connectivity index (χ1) is 14.8. The van der Waals surface area contributed by atoms with Crippen molar-refractivity contribution in [1.82, 2.24) is 4.98 Å². The maximum Gasteiger partial charge on any atom is 0.244 e. The highest BCUT2D eigenvalue weighted by Gasteiger charge is 2.29. The van der Waals surface area contributed by atoms with Crippen LogP contribution in [0.1, 0.15) is 18.4 Å². The maximum absolute atomic E-state index is 14.1. The minimum atomic E-state index is -3.75. The monoisotopic (exact) mass is 466 g/mol. The fraction of sp³-hybridized carbons (Fsp3) is 0.333. The fourth-order valence-corrected chi connectivity index (χ4v) is 5.85. The van der Waals surface area contributed by atoms with Crippen LogP contribution in [0, 0.1) is 11.6 Å². The number of aromatic nitrogens is 1. The number of thiazole rings is 1. The van der Waals surface area contributed by atoms with Gasteiger partial charge in [-0.1, -0.05) is 41.7 Å². The van der Waals surface area contributed by atoms with Gasteiger partial charge in [0.2, 0.25) is 5.91 Å². The normalized spacial score (nSPS) is 16.6. The third kappa shape index (κ3) is 5.25. The topological polar surface area (TPSA) is 76.6 Å². The molecule has 0 N–H and O–H groups in total. The van der Waals surface area contributed by atoms with E-state index < -0.39 is 33.1 Å². The Labute approximate surface area is 182 Å². The Morgan fingerprint density at radius 3 is 2.71 bits per heavy atom. The van der Waals surface area contributed by atoms with Crippen LogP contribution in [-0.2, 0) is 25.1 Å². The van der Waals surface area contributed by atoms with Gasteiger partial charge in [-0.15, -0.1) is 0 Å². The average Bonchev–Trinajstić information content (AvgIpc) is 3.35. The number of halogens is 2. The molecule has 1 atom stereocenters. The van der Waals surface area contributed by atoms with E-state index in [0.717, 1.165) is 29.9 Å². The molecule has 31 heavy (non-hydrogen) atoms. The van der Waals surface area contributed by atoms with Crippen molar-refractivity contribution < 1.29 is 26.7 Å². The number of benzene rings is 2. The Kier molecular flexibility index (Phi) is 6.31. The lowest BCUT2D eigenvalue weighted by molar-refractivity contribution is -0.116. The zero-order valence-corrected chi connectivity index (χ0v) is 18.1. The molecule has 0 saturated carbocycles. The van der Waals surface area contributed by atoms with Gasteiger partial charge in [-0.3, -0.25) is 9.69 Å². The summed E-state index contributed by atoms with van der Waals surface area (Å²) in [6.07, 6.45) is 1.28. The number of fused-ring (bicyclic) bond motifs is 1. The van der Waals surface area contributed by atoms with Crippen molar-refractivity contribution in [3.63, 3.8) is 0 Å². The van der Waals surface area contributed by atoms with Gasteiger partial charge < -0.3 is 4.74 Å². The summed E-state index contributed by atoms with van der Waals surface area (Å²) in [6, 6.07) is 10.5. The number of hydrogen-bond donors (Lipinski definition) is 0. The van der Waals surface area contributed by atoms with E-state index in [1.54, 1.807) is 30.3 Å². The van der Waals surface area contributed by atoms with Crippen molar-refractivity contribution in [2.24, 2.45) is 0 Å². The van der Waals surface area contributed by atoms with Crippen LogP contribution in [0.15, 0.2) is 42.5 Å². The van der Waals surface area contributed by atoms with Gasteiger partial charge in [0, 0.05) is 12.7 Å². The van der Waals surface area contributed by atoms with E-state index in [2.05, 4.69) is 4.98 Å². The van der Waals surface area contributed by atoms with Crippen molar-refractivity contribution in [2.75, 3.05) is 23.8 Å². The molecule has 0 bridgehead atoms. The smallest absolute Gasteiger partial charge is 0.244 e. The van der Waals surface area contributed by atoms with Crippen LogP contribution in [0.4, 0.5) is 13.9 Å². The summed E-state index contributed by atoms with van der Waals surface area (Å²) in [7, 11) is -3.75. The molecule has 0 aliphatic carbocycles. The molecule has 4 rings (SSSR count). The number of carbonyl (C=O) groups is 1. The van der Waals surface area contributed by atoms with Crippen LogP contribution in [0.5, 0.6) is 0 Å². The zero-order valence-electron chi connectivity index (χ0n) is 16.5. The predicted molar refractivity (Wildman–Crippen MR) is 115 cm³/mol. The fourth-order valence-electron chi connectivity index (χ4n) is 3.48.